The highest BCUT2D eigenvalue weighted by Gasteiger charge is 2.31. The Morgan fingerprint density at radius 1 is 0.274 bits per heavy atom. The summed E-state index contributed by atoms with van der Waals surface area (Å²) in [7, 11) is -9.93. The van der Waals surface area contributed by atoms with E-state index in [9.17, 15) is 43.2 Å². The lowest BCUT2D eigenvalue weighted by Gasteiger charge is -2.21. The summed E-state index contributed by atoms with van der Waals surface area (Å²) >= 11 is 0. The van der Waals surface area contributed by atoms with Gasteiger partial charge in [0.15, 0.2) is 12.2 Å². The molecule has 0 aromatic heterocycles. The van der Waals surface area contributed by atoms with Crippen LogP contribution in [-0.2, 0) is 65.4 Å². The minimum Gasteiger partial charge on any atom is -0.462 e. The van der Waals surface area contributed by atoms with Crippen molar-refractivity contribution in [3.8, 4) is 0 Å². The Balaban J connectivity index is 5.24. The van der Waals surface area contributed by atoms with Gasteiger partial charge in [0.1, 0.15) is 19.3 Å². The average Bonchev–Trinajstić information content (AvgIpc) is 0.901. The van der Waals surface area contributed by atoms with Crippen molar-refractivity contribution < 1.29 is 80.2 Å². The zero-order valence-electron chi connectivity index (χ0n) is 69.9. The van der Waals surface area contributed by atoms with Gasteiger partial charge in [-0.3, -0.25) is 37.3 Å². The van der Waals surface area contributed by atoms with E-state index >= 15 is 0 Å². The van der Waals surface area contributed by atoms with Crippen molar-refractivity contribution in [2.75, 3.05) is 39.6 Å². The van der Waals surface area contributed by atoms with Crippen molar-refractivity contribution in [1.29, 1.82) is 0 Å². The Hall–Kier alpha value is -1.94. The highest BCUT2D eigenvalue weighted by molar-refractivity contribution is 7.47. The van der Waals surface area contributed by atoms with Crippen LogP contribution in [0.3, 0.4) is 0 Å². The Kier molecular flexibility index (Phi) is 75.6. The topological polar surface area (TPSA) is 237 Å². The first-order valence-electron chi connectivity index (χ1n) is 44.9. The van der Waals surface area contributed by atoms with Crippen LogP contribution < -0.4 is 0 Å². The first kappa shape index (κ1) is 104. The minimum atomic E-state index is -4.97. The van der Waals surface area contributed by atoms with E-state index in [2.05, 4.69) is 48.5 Å². The number of esters is 4. The molecule has 0 fully saturated rings. The first-order valence-corrected chi connectivity index (χ1v) is 47.9. The zero-order chi connectivity index (χ0) is 77.9. The zero-order valence-corrected chi connectivity index (χ0v) is 71.7. The normalized spacial score (nSPS) is 14.4. The van der Waals surface area contributed by atoms with Gasteiger partial charge in [-0.25, -0.2) is 9.13 Å². The van der Waals surface area contributed by atoms with Gasteiger partial charge in [-0.15, -0.1) is 0 Å². The molecule has 0 aliphatic heterocycles. The largest absolute Gasteiger partial charge is 0.472 e. The third-order valence-corrected chi connectivity index (χ3v) is 23.0. The van der Waals surface area contributed by atoms with Crippen molar-refractivity contribution in [3.05, 3.63) is 0 Å². The maximum atomic E-state index is 13.2. The Bertz CT molecular complexity index is 2050. The van der Waals surface area contributed by atoms with Gasteiger partial charge < -0.3 is 33.8 Å². The van der Waals surface area contributed by atoms with Gasteiger partial charge >= 0.3 is 39.5 Å². The highest BCUT2D eigenvalue weighted by atomic mass is 31.2. The molecular weight excluding hydrogens is 1380 g/mol. The van der Waals surface area contributed by atoms with E-state index in [-0.39, 0.29) is 25.7 Å². The van der Waals surface area contributed by atoms with Crippen LogP contribution >= 0.6 is 15.6 Å². The molecule has 0 saturated heterocycles. The number of ether oxygens (including phenoxy) is 4. The monoisotopic (exact) mass is 1550 g/mol. The fourth-order valence-corrected chi connectivity index (χ4v) is 15.1. The summed E-state index contributed by atoms with van der Waals surface area (Å²) in [6, 6.07) is 0. The summed E-state index contributed by atoms with van der Waals surface area (Å²) in [4.78, 5) is 73.3. The second-order valence-electron chi connectivity index (χ2n) is 32.2. The third kappa shape index (κ3) is 77.4. The molecular formula is C87H170O17P2. The number of rotatable bonds is 85. The highest BCUT2D eigenvalue weighted by Crippen LogP contribution is 2.45. The molecule has 17 nitrogen and oxygen atoms in total. The number of unbranched alkanes of at least 4 members (excludes halogenated alkanes) is 51. The Labute approximate surface area is 651 Å². The van der Waals surface area contributed by atoms with Crippen molar-refractivity contribution >= 4 is 39.5 Å². The number of carbonyl (C=O) groups excluding carboxylic acids is 4. The van der Waals surface area contributed by atoms with E-state index in [0.717, 1.165) is 108 Å². The number of hydrogen-bond donors (Lipinski definition) is 3. The van der Waals surface area contributed by atoms with Crippen LogP contribution in [0.15, 0.2) is 0 Å². The standard InChI is InChI=1S/C87H170O17P2/c1-8-11-12-13-14-15-30-40-47-54-61-68-84(89)97-74-82(104-87(92)71-64-57-50-43-36-29-28-31-37-44-51-58-65-78(4)5)76-101-105(93,94)99-72-81(88)73-100-106(95,96)102-77-83(75-98-85(90)69-62-55-48-41-34-26-23-22-25-33-39-46-53-60-67-80(7)10-3)103-86(91)70-63-56-49-42-35-27-21-19-17-16-18-20-24-32-38-45-52-59-66-79(6)9-2/h78-83,88H,8-77H2,1-7H3,(H,93,94)(H,95,96)/t79?,80?,81-,82+,83+/m0/s1. The number of phosphoric acid groups is 2. The fourth-order valence-electron chi connectivity index (χ4n) is 13.5. The molecule has 0 bridgehead atoms. The average molecular weight is 1550 g/mol. The maximum absolute atomic E-state index is 13.2. The van der Waals surface area contributed by atoms with Gasteiger partial charge in [0.25, 0.3) is 0 Å². The number of hydrogen-bond acceptors (Lipinski definition) is 15. The van der Waals surface area contributed by atoms with E-state index < -0.39 is 97.5 Å². The van der Waals surface area contributed by atoms with Crippen LogP contribution in [0.4, 0.5) is 0 Å². The SMILES string of the molecule is CCCCCCCCCCCCCC(=O)OC[C@H](COP(=O)(O)OC[C@H](O)COP(=O)(O)OC[C@@H](COC(=O)CCCCCCCCCCCCCCCCC(C)CC)OC(=O)CCCCCCCCCCCCCCCCCCCCC(C)CC)OC(=O)CCCCCCCCCCCCCCC(C)C. The smallest absolute Gasteiger partial charge is 0.462 e. The first-order chi connectivity index (χ1) is 51.3. The molecule has 0 heterocycles. The maximum Gasteiger partial charge on any atom is 0.472 e. The molecule has 0 aliphatic carbocycles. The van der Waals surface area contributed by atoms with Crippen LogP contribution in [0, 0.1) is 17.8 Å². The quantitative estimate of drug-likeness (QED) is 0.0222. The van der Waals surface area contributed by atoms with E-state index in [1.54, 1.807) is 0 Å². The molecule has 3 N–H and O–H groups in total. The van der Waals surface area contributed by atoms with E-state index in [1.165, 1.54) is 270 Å². The molecule has 0 aliphatic rings. The number of phosphoric ester groups is 2. The van der Waals surface area contributed by atoms with Gasteiger partial charge in [-0.1, -0.05) is 408 Å². The van der Waals surface area contributed by atoms with Crippen LogP contribution in [0.5, 0.6) is 0 Å². The van der Waals surface area contributed by atoms with Crippen molar-refractivity contribution in [2.24, 2.45) is 17.8 Å². The molecule has 4 unspecified atom stereocenters. The molecule has 0 spiro atoms. The van der Waals surface area contributed by atoms with Crippen LogP contribution in [0.1, 0.15) is 459 Å². The lowest BCUT2D eigenvalue weighted by atomic mass is 9.99. The van der Waals surface area contributed by atoms with Gasteiger partial charge in [0.2, 0.25) is 0 Å². The van der Waals surface area contributed by atoms with E-state index in [1.807, 2.05) is 0 Å². The van der Waals surface area contributed by atoms with Crippen LogP contribution in [0.2, 0.25) is 0 Å². The lowest BCUT2D eigenvalue weighted by molar-refractivity contribution is -0.161. The second-order valence-corrected chi connectivity index (χ2v) is 35.1. The predicted octanol–water partition coefficient (Wildman–Crippen LogP) is 26.5. The number of carbonyl (C=O) groups is 4. The van der Waals surface area contributed by atoms with Crippen molar-refractivity contribution in [3.63, 3.8) is 0 Å². The lowest BCUT2D eigenvalue weighted by Crippen LogP contribution is -2.30. The Morgan fingerprint density at radius 3 is 0.717 bits per heavy atom. The van der Waals surface area contributed by atoms with Crippen molar-refractivity contribution in [2.45, 2.75) is 478 Å². The summed E-state index contributed by atoms with van der Waals surface area (Å²) in [5.41, 5.74) is 0. The summed E-state index contributed by atoms with van der Waals surface area (Å²) in [5, 5.41) is 10.7. The minimum absolute atomic E-state index is 0.107. The van der Waals surface area contributed by atoms with Gasteiger partial charge in [0.05, 0.1) is 26.4 Å². The molecule has 7 atom stereocenters. The van der Waals surface area contributed by atoms with Gasteiger partial charge in [-0.2, -0.15) is 0 Å². The molecule has 630 valence electrons. The number of aliphatic hydroxyl groups excluding tert-OH is 1. The number of aliphatic hydroxyl groups is 1. The molecule has 0 aromatic carbocycles. The molecule has 0 amide bonds. The molecule has 0 rings (SSSR count). The Morgan fingerprint density at radius 2 is 0.481 bits per heavy atom. The molecule has 0 aromatic rings. The van der Waals surface area contributed by atoms with Gasteiger partial charge in [0, 0.05) is 25.7 Å². The fraction of sp³-hybridized carbons (Fsp3) is 0.954. The van der Waals surface area contributed by atoms with E-state index in [4.69, 9.17) is 37.0 Å². The van der Waals surface area contributed by atoms with Crippen LogP contribution in [-0.4, -0.2) is 96.7 Å². The van der Waals surface area contributed by atoms with E-state index in [0.29, 0.717) is 25.7 Å². The molecule has 106 heavy (non-hydrogen) atoms. The third-order valence-electron chi connectivity index (χ3n) is 21.1. The predicted molar refractivity (Wildman–Crippen MR) is 437 cm³/mol. The molecule has 0 radical (unpaired) electrons. The van der Waals surface area contributed by atoms with Crippen molar-refractivity contribution in [1.82, 2.24) is 0 Å². The van der Waals surface area contributed by atoms with Gasteiger partial charge in [-0.05, 0) is 43.4 Å². The van der Waals surface area contributed by atoms with Crippen LogP contribution in [0.25, 0.3) is 0 Å². The summed E-state index contributed by atoms with van der Waals surface area (Å²) in [6.07, 6.45) is 67.8. The summed E-state index contributed by atoms with van der Waals surface area (Å²) < 4.78 is 68.9. The molecule has 19 heteroatoms. The molecule has 0 saturated carbocycles. The summed E-state index contributed by atoms with van der Waals surface area (Å²) in [6.45, 7) is 12.1. The summed E-state index contributed by atoms with van der Waals surface area (Å²) in [5.74, 6) is 0.395. The second kappa shape index (κ2) is 77.0.